The lowest BCUT2D eigenvalue weighted by Gasteiger charge is -2.20. The Morgan fingerprint density at radius 1 is 0.829 bits per heavy atom. The predicted molar refractivity (Wildman–Crippen MR) is 128 cm³/mol. The molecular weight excluding hydrogens is 452 g/mol. The van der Waals surface area contributed by atoms with Crippen molar-refractivity contribution in [1.29, 1.82) is 0 Å². The number of carbonyl (C=O) groups excluding carboxylic acids is 4. The number of amides is 2. The molecule has 0 aliphatic heterocycles. The highest BCUT2D eigenvalue weighted by Crippen LogP contribution is 2.09. The molecule has 35 heavy (non-hydrogen) atoms. The van der Waals surface area contributed by atoms with Crippen molar-refractivity contribution in [1.82, 2.24) is 10.6 Å². The largest absolute Gasteiger partial charge is 0.461 e. The summed E-state index contributed by atoms with van der Waals surface area (Å²) in [6, 6.07) is 17.1. The maximum atomic E-state index is 12.7. The summed E-state index contributed by atoms with van der Waals surface area (Å²) in [6.45, 7) is 4.80. The number of alkyl carbamates (subject to hydrolysis) is 1. The van der Waals surface area contributed by atoms with Crippen LogP contribution in [0.1, 0.15) is 44.7 Å². The van der Waals surface area contributed by atoms with E-state index in [-0.39, 0.29) is 26.1 Å². The van der Waals surface area contributed by atoms with Gasteiger partial charge in [0.2, 0.25) is 5.91 Å². The average Bonchev–Trinajstić information content (AvgIpc) is 2.82. The molecule has 0 aliphatic rings. The van der Waals surface area contributed by atoms with E-state index >= 15 is 0 Å². The summed E-state index contributed by atoms with van der Waals surface area (Å²) >= 11 is 0. The van der Waals surface area contributed by atoms with Gasteiger partial charge in [-0.3, -0.25) is 9.59 Å². The Morgan fingerprint density at radius 2 is 1.37 bits per heavy atom. The zero-order valence-electron chi connectivity index (χ0n) is 20.2. The van der Waals surface area contributed by atoms with Crippen LogP contribution in [0, 0.1) is 0 Å². The van der Waals surface area contributed by atoms with Gasteiger partial charge in [-0.25, -0.2) is 9.59 Å². The van der Waals surface area contributed by atoms with Crippen molar-refractivity contribution in [2.75, 3.05) is 6.54 Å². The van der Waals surface area contributed by atoms with Crippen LogP contribution >= 0.6 is 0 Å². The van der Waals surface area contributed by atoms with E-state index in [2.05, 4.69) is 10.6 Å². The molecule has 2 amide bonds. The number of benzene rings is 2. The van der Waals surface area contributed by atoms with Crippen LogP contribution in [0.25, 0.3) is 0 Å². The molecule has 0 aliphatic carbocycles. The van der Waals surface area contributed by atoms with Crippen LogP contribution in [0.2, 0.25) is 0 Å². The first-order valence-corrected chi connectivity index (χ1v) is 11.3. The van der Waals surface area contributed by atoms with E-state index in [0.29, 0.717) is 0 Å². The minimum Gasteiger partial charge on any atom is -0.461 e. The molecule has 188 valence electrons. The summed E-state index contributed by atoms with van der Waals surface area (Å²) in [5.74, 6) is -1.85. The fourth-order valence-electron chi connectivity index (χ4n) is 2.86. The highest BCUT2D eigenvalue weighted by molar-refractivity contribution is 5.87. The Labute approximate surface area is 205 Å². The van der Waals surface area contributed by atoms with Gasteiger partial charge < -0.3 is 24.8 Å². The summed E-state index contributed by atoms with van der Waals surface area (Å²) in [5, 5.41) is 4.84. The standard InChI is InChI=1S/C26H32N2O7/c1-26(2,3)35-25(32)27-16-22(29)28-21(24(31)34-18-20-12-8-5-9-13-20)14-15-23(30)33-17-19-10-6-4-7-11-19/h4-13,21H,14-18H2,1-3H3,(H,27,32)(H,28,29)/t21-/m0/s1. The fourth-order valence-corrected chi connectivity index (χ4v) is 2.86. The van der Waals surface area contributed by atoms with Crippen molar-refractivity contribution in [3.8, 4) is 0 Å². The smallest absolute Gasteiger partial charge is 0.408 e. The van der Waals surface area contributed by atoms with Crippen molar-refractivity contribution >= 4 is 23.9 Å². The Kier molecular flexibility index (Phi) is 10.7. The van der Waals surface area contributed by atoms with Crippen molar-refractivity contribution in [2.24, 2.45) is 0 Å². The number of nitrogens with one attached hydrogen (secondary N) is 2. The number of hydrogen-bond donors (Lipinski definition) is 2. The van der Waals surface area contributed by atoms with Crippen molar-refractivity contribution in [3.05, 3.63) is 71.8 Å². The Hall–Kier alpha value is -3.88. The fraction of sp³-hybridized carbons (Fsp3) is 0.385. The molecule has 2 aromatic rings. The normalized spacial score (nSPS) is 11.6. The molecular formula is C26H32N2O7. The van der Waals surface area contributed by atoms with Crippen LogP contribution in [0.3, 0.4) is 0 Å². The van der Waals surface area contributed by atoms with Crippen LogP contribution in [-0.4, -0.2) is 42.1 Å². The number of hydrogen-bond acceptors (Lipinski definition) is 7. The van der Waals surface area contributed by atoms with Crippen LogP contribution in [0.5, 0.6) is 0 Å². The van der Waals surface area contributed by atoms with Gasteiger partial charge in [-0.1, -0.05) is 60.7 Å². The van der Waals surface area contributed by atoms with E-state index in [1.54, 1.807) is 32.9 Å². The average molecular weight is 485 g/mol. The third kappa shape index (κ3) is 11.7. The molecule has 2 aromatic carbocycles. The molecule has 0 bridgehead atoms. The topological polar surface area (TPSA) is 120 Å². The van der Waals surface area contributed by atoms with Gasteiger partial charge in [-0.05, 0) is 38.3 Å². The van der Waals surface area contributed by atoms with Crippen molar-refractivity contribution in [3.63, 3.8) is 0 Å². The first-order chi connectivity index (χ1) is 16.6. The molecule has 0 radical (unpaired) electrons. The van der Waals surface area contributed by atoms with E-state index in [1.165, 1.54) is 0 Å². The molecule has 0 saturated heterocycles. The monoisotopic (exact) mass is 484 g/mol. The number of ether oxygens (including phenoxy) is 3. The summed E-state index contributed by atoms with van der Waals surface area (Å²) in [6.07, 6.45) is -0.905. The highest BCUT2D eigenvalue weighted by atomic mass is 16.6. The summed E-state index contributed by atoms with van der Waals surface area (Å²) < 4.78 is 15.7. The van der Waals surface area contributed by atoms with Gasteiger partial charge in [0.05, 0.1) is 0 Å². The zero-order chi connectivity index (χ0) is 25.7. The first kappa shape index (κ1) is 27.4. The van der Waals surface area contributed by atoms with Crippen molar-refractivity contribution < 1.29 is 33.4 Å². The molecule has 0 heterocycles. The maximum absolute atomic E-state index is 12.7. The second kappa shape index (κ2) is 13.7. The molecule has 9 nitrogen and oxygen atoms in total. The van der Waals surface area contributed by atoms with Gasteiger partial charge in [-0.2, -0.15) is 0 Å². The Balaban J connectivity index is 1.90. The van der Waals surface area contributed by atoms with Crippen LogP contribution in [0.15, 0.2) is 60.7 Å². The van der Waals surface area contributed by atoms with Gasteiger partial charge in [0.1, 0.15) is 31.4 Å². The summed E-state index contributed by atoms with van der Waals surface area (Å²) in [5.41, 5.74) is 0.894. The zero-order valence-corrected chi connectivity index (χ0v) is 20.2. The minimum atomic E-state index is -1.10. The molecule has 0 fully saturated rings. The van der Waals surface area contributed by atoms with Gasteiger partial charge in [-0.15, -0.1) is 0 Å². The Bertz CT molecular complexity index is 972. The summed E-state index contributed by atoms with van der Waals surface area (Å²) in [4.78, 5) is 49.0. The van der Waals surface area contributed by atoms with E-state index < -0.39 is 42.1 Å². The SMILES string of the molecule is CC(C)(C)OC(=O)NCC(=O)N[C@@H](CCC(=O)OCc1ccccc1)C(=O)OCc1ccccc1. The molecule has 0 saturated carbocycles. The summed E-state index contributed by atoms with van der Waals surface area (Å²) in [7, 11) is 0. The van der Waals surface area contributed by atoms with Crippen LogP contribution in [0.4, 0.5) is 4.79 Å². The lowest BCUT2D eigenvalue weighted by atomic mass is 10.1. The minimum absolute atomic E-state index is 0.0145. The number of carbonyl (C=O) groups is 4. The number of esters is 2. The highest BCUT2D eigenvalue weighted by Gasteiger charge is 2.24. The van der Waals surface area contributed by atoms with Crippen molar-refractivity contribution in [2.45, 2.75) is 58.5 Å². The second-order valence-electron chi connectivity index (χ2n) is 8.75. The molecule has 0 unspecified atom stereocenters. The van der Waals surface area contributed by atoms with E-state index in [9.17, 15) is 19.2 Å². The van der Waals surface area contributed by atoms with Gasteiger partial charge in [0, 0.05) is 6.42 Å². The molecule has 0 spiro atoms. The lowest BCUT2D eigenvalue weighted by Crippen LogP contribution is -2.47. The second-order valence-corrected chi connectivity index (χ2v) is 8.75. The van der Waals surface area contributed by atoms with Crippen LogP contribution < -0.4 is 10.6 Å². The maximum Gasteiger partial charge on any atom is 0.408 e. The Morgan fingerprint density at radius 3 is 1.91 bits per heavy atom. The predicted octanol–water partition coefficient (Wildman–Crippen LogP) is 3.26. The quantitative estimate of drug-likeness (QED) is 0.371. The van der Waals surface area contributed by atoms with E-state index in [4.69, 9.17) is 14.2 Å². The molecule has 9 heteroatoms. The molecule has 2 N–H and O–H groups in total. The van der Waals surface area contributed by atoms with Gasteiger partial charge in [0.15, 0.2) is 0 Å². The van der Waals surface area contributed by atoms with E-state index in [0.717, 1.165) is 11.1 Å². The van der Waals surface area contributed by atoms with E-state index in [1.807, 2.05) is 48.5 Å². The van der Waals surface area contributed by atoms with Gasteiger partial charge >= 0.3 is 18.0 Å². The molecule has 2 rings (SSSR count). The van der Waals surface area contributed by atoms with Gasteiger partial charge in [0.25, 0.3) is 0 Å². The number of rotatable bonds is 11. The molecule has 1 atom stereocenters. The van der Waals surface area contributed by atoms with Crippen LogP contribution in [-0.2, 0) is 41.8 Å². The lowest BCUT2D eigenvalue weighted by molar-refractivity contribution is -0.150. The third-order valence-corrected chi connectivity index (χ3v) is 4.52. The molecule has 0 aromatic heterocycles. The first-order valence-electron chi connectivity index (χ1n) is 11.3. The third-order valence-electron chi connectivity index (χ3n) is 4.52.